The molecule has 3 heteroatoms. The maximum Gasteiger partial charge on any atom is 0.0366 e. The predicted octanol–water partition coefficient (Wildman–Crippen LogP) is 1.54. The van der Waals surface area contributed by atoms with Crippen LogP contribution in [0.1, 0.15) is 12.5 Å². The lowest BCUT2D eigenvalue weighted by atomic mass is 10.1. The van der Waals surface area contributed by atoms with Gasteiger partial charge in [0.2, 0.25) is 0 Å². The molecule has 0 aliphatic rings. The highest BCUT2D eigenvalue weighted by molar-refractivity contribution is 7.80. The number of thiol groups is 1. The molecular formula is C8H11NOS. The van der Waals surface area contributed by atoms with Crippen LogP contribution in [0.4, 0.5) is 0 Å². The van der Waals surface area contributed by atoms with Crippen LogP contribution in [0.2, 0.25) is 0 Å². The summed E-state index contributed by atoms with van der Waals surface area (Å²) in [4.78, 5) is 0.870. The highest BCUT2D eigenvalue weighted by Crippen LogP contribution is 2.12. The van der Waals surface area contributed by atoms with Crippen LogP contribution in [0.25, 0.3) is 0 Å². The molecule has 0 bridgehead atoms. The molecule has 1 aromatic carbocycles. The Labute approximate surface area is 71.5 Å². The highest BCUT2D eigenvalue weighted by Gasteiger charge is 1.96. The van der Waals surface area contributed by atoms with Crippen LogP contribution in [0.15, 0.2) is 29.2 Å². The van der Waals surface area contributed by atoms with Gasteiger partial charge in [0.25, 0.3) is 0 Å². The van der Waals surface area contributed by atoms with Crippen LogP contribution in [0.5, 0.6) is 0 Å². The minimum Gasteiger partial charge on any atom is -0.412 e. The molecule has 0 atom stereocenters. The summed E-state index contributed by atoms with van der Waals surface area (Å²) in [7, 11) is 0. The largest absolute Gasteiger partial charge is 0.412 e. The summed E-state index contributed by atoms with van der Waals surface area (Å²) in [6.07, 6.45) is 0. The molecule has 0 aromatic heterocycles. The zero-order valence-corrected chi connectivity index (χ0v) is 7.15. The maximum absolute atomic E-state index is 7.33. The van der Waals surface area contributed by atoms with E-state index in [4.69, 9.17) is 5.41 Å². The Morgan fingerprint density at radius 1 is 1.36 bits per heavy atom. The van der Waals surface area contributed by atoms with Crippen LogP contribution in [-0.2, 0) is 0 Å². The Morgan fingerprint density at radius 3 is 2.27 bits per heavy atom. The van der Waals surface area contributed by atoms with Gasteiger partial charge >= 0.3 is 0 Å². The Balaban J connectivity index is 0.000001000. The van der Waals surface area contributed by atoms with E-state index in [1.165, 1.54) is 0 Å². The molecular weight excluding hydrogens is 158 g/mol. The average molecular weight is 169 g/mol. The summed E-state index contributed by atoms with van der Waals surface area (Å²) >= 11 is 4.20. The van der Waals surface area contributed by atoms with Crippen LogP contribution in [0, 0.1) is 5.41 Å². The Kier molecular flexibility index (Phi) is 3.85. The average Bonchev–Trinajstić information content (AvgIpc) is 1.88. The summed E-state index contributed by atoms with van der Waals surface area (Å²) in [5.41, 5.74) is 1.47. The van der Waals surface area contributed by atoms with Gasteiger partial charge in [0.05, 0.1) is 0 Å². The molecule has 0 unspecified atom stereocenters. The molecule has 0 saturated heterocycles. The molecule has 11 heavy (non-hydrogen) atoms. The van der Waals surface area contributed by atoms with Gasteiger partial charge in [0.1, 0.15) is 0 Å². The lowest BCUT2D eigenvalue weighted by Gasteiger charge is -1.99. The van der Waals surface area contributed by atoms with Gasteiger partial charge in [0, 0.05) is 16.2 Å². The van der Waals surface area contributed by atoms with Crippen molar-refractivity contribution in [3.05, 3.63) is 29.8 Å². The van der Waals surface area contributed by atoms with Crippen molar-refractivity contribution in [2.75, 3.05) is 0 Å². The van der Waals surface area contributed by atoms with Gasteiger partial charge in [-0.3, -0.25) is 0 Å². The molecule has 0 saturated carbocycles. The fourth-order valence-corrected chi connectivity index (χ4v) is 1.12. The van der Waals surface area contributed by atoms with E-state index >= 15 is 0 Å². The molecule has 60 valence electrons. The van der Waals surface area contributed by atoms with Gasteiger partial charge in [-0.1, -0.05) is 18.2 Å². The van der Waals surface area contributed by atoms with Crippen molar-refractivity contribution in [3.63, 3.8) is 0 Å². The zero-order valence-electron chi connectivity index (χ0n) is 6.26. The second kappa shape index (κ2) is 4.16. The SMILES string of the molecule is CC(=N)c1ccccc1S.O. The van der Waals surface area contributed by atoms with Crippen molar-refractivity contribution in [2.45, 2.75) is 11.8 Å². The van der Waals surface area contributed by atoms with Crippen molar-refractivity contribution >= 4 is 18.3 Å². The second-order valence-electron chi connectivity index (χ2n) is 2.14. The standard InChI is InChI=1S/C8H9NS.H2O/c1-6(9)7-4-2-3-5-8(7)10;/h2-5,9-10H,1H3;1H2. The highest BCUT2D eigenvalue weighted by atomic mass is 32.1. The first-order valence-corrected chi connectivity index (χ1v) is 3.50. The Morgan fingerprint density at radius 2 is 1.91 bits per heavy atom. The Bertz CT molecular complexity index is 260. The number of rotatable bonds is 1. The first kappa shape index (κ1) is 10.2. The molecule has 0 spiro atoms. The van der Waals surface area contributed by atoms with Crippen molar-refractivity contribution in [1.29, 1.82) is 5.41 Å². The molecule has 0 radical (unpaired) electrons. The van der Waals surface area contributed by atoms with E-state index in [-0.39, 0.29) is 5.48 Å². The lowest BCUT2D eigenvalue weighted by molar-refractivity contribution is 0.824. The molecule has 2 nitrogen and oxygen atoms in total. The van der Waals surface area contributed by atoms with Crippen molar-refractivity contribution < 1.29 is 5.48 Å². The van der Waals surface area contributed by atoms with Crippen LogP contribution in [-0.4, -0.2) is 11.2 Å². The lowest BCUT2D eigenvalue weighted by Crippen LogP contribution is -1.92. The number of nitrogens with one attached hydrogen (secondary N) is 1. The molecule has 0 aliphatic heterocycles. The molecule has 1 aromatic rings. The maximum atomic E-state index is 7.33. The van der Waals surface area contributed by atoms with Crippen molar-refractivity contribution in [1.82, 2.24) is 0 Å². The Hall–Kier alpha value is -0.800. The summed E-state index contributed by atoms with van der Waals surface area (Å²) in [6, 6.07) is 7.60. The monoisotopic (exact) mass is 169 g/mol. The fourth-order valence-electron chi connectivity index (χ4n) is 0.791. The molecule has 3 N–H and O–H groups in total. The summed E-state index contributed by atoms with van der Waals surface area (Å²) in [5.74, 6) is 0. The minimum absolute atomic E-state index is 0. The van der Waals surface area contributed by atoms with Crippen LogP contribution >= 0.6 is 12.6 Å². The first-order valence-electron chi connectivity index (χ1n) is 3.05. The van der Waals surface area contributed by atoms with Gasteiger partial charge in [-0.2, -0.15) is 0 Å². The molecule has 0 fully saturated rings. The van der Waals surface area contributed by atoms with Crippen molar-refractivity contribution in [2.24, 2.45) is 0 Å². The third kappa shape index (κ3) is 2.37. The predicted molar refractivity (Wildman–Crippen MR) is 49.8 cm³/mol. The molecule has 0 aliphatic carbocycles. The van der Waals surface area contributed by atoms with Gasteiger partial charge in [-0.25, -0.2) is 0 Å². The number of hydrogen-bond acceptors (Lipinski definition) is 2. The van der Waals surface area contributed by atoms with E-state index in [1.807, 2.05) is 24.3 Å². The summed E-state index contributed by atoms with van der Waals surface area (Å²) in [6.45, 7) is 1.76. The molecule has 1 rings (SSSR count). The quantitative estimate of drug-likeness (QED) is 0.473. The van der Waals surface area contributed by atoms with E-state index in [2.05, 4.69) is 12.6 Å². The topological polar surface area (TPSA) is 55.4 Å². The smallest absolute Gasteiger partial charge is 0.0366 e. The van der Waals surface area contributed by atoms with Gasteiger partial charge in [-0.05, 0) is 13.0 Å². The van der Waals surface area contributed by atoms with E-state index in [0.29, 0.717) is 5.71 Å². The van der Waals surface area contributed by atoms with Crippen LogP contribution in [0.3, 0.4) is 0 Å². The van der Waals surface area contributed by atoms with E-state index in [0.717, 1.165) is 10.5 Å². The van der Waals surface area contributed by atoms with Crippen molar-refractivity contribution in [3.8, 4) is 0 Å². The summed E-state index contributed by atoms with van der Waals surface area (Å²) < 4.78 is 0. The zero-order chi connectivity index (χ0) is 7.56. The second-order valence-corrected chi connectivity index (χ2v) is 2.62. The van der Waals surface area contributed by atoms with E-state index < -0.39 is 0 Å². The molecule has 0 amide bonds. The van der Waals surface area contributed by atoms with Gasteiger partial charge in [-0.15, -0.1) is 12.6 Å². The van der Waals surface area contributed by atoms with Gasteiger partial charge < -0.3 is 10.9 Å². The van der Waals surface area contributed by atoms with E-state index in [1.54, 1.807) is 6.92 Å². The van der Waals surface area contributed by atoms with Crippen LogP contribution < -0.4 is 0 Å². The summed E-state index contributed by atoms with van der Waals surface area (Å²) in [5, 5.41) is 7.33. The fraction of sp³-hybridized carbons (Fsp3) is 0.125. The first-order chi connectivity index (χ1) is 4.72. The number of benzene rings is 1. The van der Waals surface area contributed by atoms with E-state index in [9.17, 15) is 0 Å². The number of hydrogen-bond donors (Lipinski definition) is 2. The third-order valence-electron chi connectivity index (χ3n) is 1.31. The molecule has 0 heterocycles. The third-order valence-corrected chi connectivity index (χ3v) is 1.70. The van der Waals surface area contributed by atoms with Gasteiger partial charge in [0.15, 0.2) is 0 Å². The normalized spacial score (nSPS) is 8.55. The minimum atomic E-state index is 0.